The summed E-state index contributed by atoms with van der Waals surface area (Å²) in [6.07, 6.45) is -4.49. The van der Waals surface area contributed by atoms with Crippen molar-refractivity contribution in [2.45, 2.75) is 33.5 Å². The fourth-order valence-corrected chi connectivity index (χ4v) is 4.03. The molecule has 0 saturated carbocycles. The number of fused-ring (bicyclic) bond motifs is 1. The van der Waals surface area contributed by atoms with Gasteiger partial charge < -0.3 is 4.57 Å². The number of aryl methyl sites for hydroxylation is 3. The third-order valence-electron chi connectivity index (χ3n) is 4.06. The van der Waals surface area contributed by atoms with Crippen molar-refractivity contribution in [1.82, 2.24) is 4.57 Å². The molecule has 0 saturated heterocycles. The van der Waals surface area contributed by atoms with Crippen LogP contribution in [0.4, 0.5) is 13.2 Å². The van der Waals surface area contributed by atoms with E-state index in [0.717, 1.165) is 33.5 Å². The lowest BCUT2D eigenvalue weighted by Gasteiger charge is -2.06. The van der Waals surface area contributed by atoms with Crippen molar-refractivity contribution < 1.29 is 18.0 Å². The van der Waals surface area contributed by atoms with Gasteiger partial charge in [0, 0.05) is 12.1 Å². The van der Waals surface area contributed by atoms with E-state index in [-0.39, 0.29) is 5.56 Å². The van der Waals surface area contributed by atoms with Crippen LogP contribution >= 0.6 is 11.3 Å². The minimum Gasteiger partial charge on any atom is -0.317 e. The summed E-state index contributed by atoms with van der Waals surface area (Å²) in [5.41, 5.74) is 2.23. The molecule has 0 bridgehead atoms. The standard InChI is InChI=1S/C19H17F3N2OS/c1-4-24-15-9-11(2)8-12(3)16(15)26-18(24)23-17(25)13-6-5-7-14(10-13)19(20,21)22/h5-10H,4H2,1-3H3. The van der Waals surface area contributed by atoms with Crippen molar-refractivity contribution in [2.24, 2.45) is 4.99 Å². The van der Waals surface area contributed by atoms with Gasteiger partial charge in [0.2, 0.25) is 0 Å². The summed E-state index contributed by atoms with van der Waals surface area (Å²) in [4.78, 5) is 17.0. The quantitative estimate of drug-likeness (QED) is 0.611. The van der Waals surface area contributed by atoms with Gasteiger partial charge in [0.1, 0.15) is 0 Å². The van der Waals surface area contributed by atoms with Gasteiger partial charge in [0.15, 0.2) is 4.80 Å². The number of amides is 1. The summed E-state index contributed by atoms with van der Waals surface area (Å²) in [5, 5.41) is 0. The summed E-state index contributed by atoms with van der Waals surface area (Å²) in [7, 11) is 0. The normalized spacial score (nSPS) is 12.8. The number of nitrogens with zero attached hydrogens (tertiary/aromatic N) is 2. The monoisotopic (exact) mass is 378 g/mol. The highest BCUT2D eigenvalue weighted by Crippen LogP contribution is 2.29. The maximum Gasteiger partial charge on any atom is 0.416 e. The largest absolute Gasteiger partial charge is 0.416 e. The predicted molar refractivity (Wildman–Crippen MR) is 96.3 cm³/mol. The Bertz CT molecular complexity index is 1060. The number of hydrogen-bond donors (Lipinski definition) is 0. The van der Waals surface area contributed by atoms with Crippen LogP contribution in [0.2, 0.25) is 0 Å². The molecule has 0 aliphatic carbocycles. The summed E-state index contributed by atoms with van der Waals surface area (Å²) in [5.74, 6) is -0.681. The molecule has 7 heteroatoms. The Morgan fingerprint density at radius 2 is 1.92 bits per heavy atom. The first-order valence-electron chi connectivity index (χ1n) is 8.07. The Kier molecular flexibility index (Phi) is 4.75. The lowest BCUT2D eigenvalue weighted by Crippen LogP contribution is -2.16. The fourth-order valence-electron chi connectivity index (χ4n) is 2.88. The average molecular weight is 378 g/mol. The van der Waals surface area contributed by atoms with E-state index in [1.807, 2.05) is 31.4 Å². The second-order valence-corrected chi connectivity index (χ2v) is 7.03. The highest BCUT2D eigenvalue weighted by Gasteiger charge is 2.30. The summed E-state index contributed by atoms with van der Waals surface area (Å²) in [6.45, 7) is 6.54. The zero-order chi connectivity index (χ0) is 19.1. The Labute approximate surface area is 152 Å². The van der Waals surface area contributed by atoms with Crippen LogP contribution in [0.5, 0.6) is 0 Å². The van der Waals surface area contributed by atoms with Crippen molar-refractivity contribution in [2.75, 3.05) is 0 Å². The molecule has 0 N–H and O–H groups in total. The van der Waals surface area contributed by atoms with Crippen LogP contribution in [0.25, 0.3) is 10.2 Å². The van der Waals surface area contributed by atoms with Crippen LogP contribution in [-0.4, -0.2) is 10.5 Å². The van der Waals surface area contributed by atoms with E-state index >= 15 is 0 Å². The van der Waals surface area contributed by atoms with Gasteiger partial charge in [-0.3, -0.25) is 4.79 Å². The summed E-state index contributed by atoms with van der Waals surface area (Å²) >= 11 is 1.37. The van der Waals surface area contributed by atoms with Gasteiger partial charge in [-0.25, -0.2) is 0 Å². The molecule has 1 amide bonds. The lowest BCUT2D eigenvalue weighted by molar-refractivity contribution is -0.137. The Hall–Kier alpha value is -2.41. The first-order chi connectivity index (χ1) is 12.2. The molecule has 1 heterocycles. The van der Waals surface area contributed by atoms with Gasteiger partial charge in [-0.15, -0.1) is 0 Å². The molecule has 26 heavy (non-hydrogen) atoms. The van der Waals surface area contributed by atoms with E-state index in [9.17, 15) is 18.0 Å². The SMILES string of the molecule is CCn1c(=NC(=O)c2cccc(C(F)(F)F)c2)sc2c(C)cc(C)cc21. The predicted octanol–water partition coefficient (Wildman–Crippen LogP) is 5.10. The van der Waals surface area contributed by atoms with Gasteiger partial charge in [-0.1, -0.05) is 23.5 Å². The lowest BCUT2D eigenvalue weighted by atomic mass is 10.1. The first kappa shape index (κ1) is 18.4. The van der Waals surface area contributed by atoms with E-state index in [4.69, 9.17) is 0 Å². The molecule has 3 nitrogen and oxygen atoms in total. The number of alkyl halides is 3. The molecule has 0 aliphatic heterocycles. The molecule has 0 spiro atoms. The van der Waals surface area contributed by atoms with Crippen molar-refractivity contribution >= 4 is 27.5 Å². The van der Waals surface area contributed by atoms with E-state index in [0.29, 0.717) is 11.3 Å². The molecule has 0 unspecified atom stereocenters. The molecule has 0 radical (unpaired) electrons. The number of hydrogen-bond acceptors (Lipinski definition) is 2. The minimum atomic E-state index is -4.49. The van der Waals surface area contributed by atoms with Crippen molar-refractivity contribution in [1.29, 1.82) is 0 Å². The van der Waals surface area contributed by atoms with Crippen LogP contribution in [0.3, 0.4) is 0 Å². The maximum atomic E-state index is 12.9. The van der Waals surface area contributed by atoms with Gasteiger partial charge in [0.25, 0.3) is 5.91 Å². The van der Waals surface area contributed by atoms with E-state index < -0.39 is 17.6 Å². The second kappa shape index (κ2) is 6.72. The zero-order valence-electron chi connectivity index (χ0n) is 14.5. The molecular formula is C19H17F3N2OS. The number of carbonyl (C=O) groups is 1. The zero-order valence-corrected chi connectivity index (χ0v) is 15.3. The Balaban J connectivity index is 2.13. The Morgan fingerprint density at radius 1 is 1.19 bits per heavy atom. The number of thiazole rings is 1. The molecule has 0 aliphatic rings. The molecule has 0 atom stereocenters. The van der Waals surface area contributed by atoms with Crippen LogP contribution in [-0.2, 0) is 12.7 Å². The number of carbonyl (C=O) groups excluding carboxylic acids is 1. The molecular weight excluding hydrogens is 361 g/mol. The van der Waals surface area contributed by atoms with E-state index in [1.54, 1.807) is 0 Å². The molecule has 1 aromatic heterocycles. The van der Waals surface area contributed by atoms with Gasteiger partial charge in [-0.2, -0.15) is 18.2 Å². The minimum absolute atomic E-state index is 0.0761. The number of aromatic nitrogens is 1. The fraction of sp³-hybridized carbons (Fsp3) is 0.263. The van der Waals surface area contributed by atoms with Gasteiger partial charge in [-0.05, 0) is 56.2 Å². The highest BCUT2D eigenvalue weighted by molar-refractivity contribution is 7.16. The smallest absolute Gasteiger partial charge is 0.317 e. The number of benzene rings is 2. The van der Waals surface area contributed by atoms with Crippen molar-refractivity contribution in [3.8, 4) is 0 Å². The van der Waals surface area contributed by atoms with Gasteiger partial charge >= 0.3 is 6.18 Å². The van der Waals surface area contributed by atoms with E-state index in [2.05, 4.69) is 11.1 Å². The van der Waals surface area contributed by atoms with Crippen molar-refractivity contribution in [3.63, 3.8) is 0 Å². The van der Waals surface area contributed by atoms with Crippen LogP contribution in [0, 0.1) is 13.8 Å². The molecule has 2 aromatic carbocycles. The van der Waals surface area contributed by atoms with Crippen LogP contribution < -0.4 is 4.80 Å². The third kappa shape index (κ3) is 3.44. The van der Waals surface area contributed by atoms with E-state index in [1.165, 1.54) is 23.5 Å². The topological polar surface area (TPSA) is 34.4 Å². The molecule has 3 aromatic rings. The molecule has 0 fully saturated rings. The third-order valence-corrected chi connectivity index (χ3v) is 5.29. The highest BCUT2D eigenvalue weighted by atomic mass is 32.1. The molecule has 3 rings (SSSR count). The Morgan fingerprint density at radius 3 is 2.58 bits per heavy atom. The number of halogens is 3. The average Bonchev–Trinajstić information content (AvgIpc) is 2.91. The first-order valence-corrected chi connectivity index (χ1v) is 8.89. The number of rotatable bonds is 2. The second-order valence-electron chi connectivity index (χ2n) is 6.05. The van der Waals surface area contributed by atoms with Crippen molar-refractivity contribution in [3.05, 3.63) is 63.5 Å². The molecule has 136 valence electrons. The van der Waals surface area contributed by atoms with Gasteiger partial charge in [0.05, 0.1) is 15.8 Å². The van der Waals surface area contributed by atoms with Crippen LogP contribution in [0.1, 0.15) is 34.0 Å². The summed E-state index contributed by atoms with van der Waals surface area (Å²) < 4.78 is 41.5. The maximum absolute atomic E-state index is 12.9. The summed E-state index contributed by atoms with van der Waals surface area (Å²) in [6, 6.07) is 8.42. The van der Waals surface area contributed by atoms with Crippen LogP contribution in [0.15, 0.2) is 41.4 Å².